The highest BCUT2D eigenvalue weighted by atomic mass is 127. The maximum absolute atomic E-state index is 5.44. The summed E-state index contributed by atoms with van der Waals surface area (Å²) in [5, 5.41) is 10.9. The molecule has 1 aromatic heterocycles. The third-order valence-electron chi connectivity index (χ3n) is 5.19. The van der Waals surface area contributed by atoms with Crippen molar-refractivity contribution in [3.63, 3.8) is 0 Å². The molecule has 2 aromatic rings. The summed E-state index contributed by atoms with van der Waals surface area (Å²) in [6.45, 7) is 6.04. The first-order valence-electron chi connectivity index (χ1n) is 9.99. The molecule has 0 spiro atoms. The van der Waals surface area contributed by atoms with Crippen LogP contribution in [0.4, 0.5) is 0 Å². The molecule has 0 saturated carbocycles. The largest absolute Gasteiger partial charge is 0.356 e. The molecule has 0 bridgehead atoms. The smallest absolute Gasteiger partial charge is 0.191 e. The normalized spacial score (nSPS) is 17.8. The third-order valence-corrected chi connectivity index (χ3v) is 5.19. The van der Waals surface area contributed by atoms with E-state index in [1.807, 2.05) is 36.4 Å². The summed E-state index contributed by atoms with van der Waals surface area (Å²) in [6.07, 6.45) is 5.26. The van der Waals surface area contributed by atoms with Gasteiger partial charge < -0.3 is 15.2 Å². The van der Waals surface area contributed by atoms with Gasteiger partial charge in [0.2, 0.25) is 0 Å². The van der Waals surface area contributed by atoms with Crippen molar-refractivity contribution in [1.29, 1.82) is 0 Å². The highest BCUT2D eigenvalue weighted by molar-refractivity contribution is 14.0. The monoisotopic (exact) mass is 497 g/mol. The summed E-state index contributed by atoms with van der Waals surface area (Å²) in [5.74, 6) is 1.58. The Morgan fingerprint density at radius 2 is 2.07 bits per heavy atom. The molecule has 1 aromatic carbocycles. The van der Waals surface area contributed by atoms with E-state index in [4.69, 9.17) is 4.52 Å². The van der Waals surface area contributed by atoms with E-state index in [0.717, 1.165) is 42.1 Å². The lowest BCUT2D eigenvalue weighted by Crippen LogP contribution is -2.45. The van der Waals surface area contributed by atoms with Gasteiger partial charge in [0.1, 0.15) is 5.69 Å². The van der Waals surface area contributed by atoms with E-state index >= 15 is 0 Å². The number of piperidine rings is 1. The Balaban J connectivity index is 0.00000280. The van der Waals surface area contributed by atoms with Crippen molar-refractivity contribution in [2.24, 2.45) is 4.99 Å². The van der Waals surface area contributed by atoms with Crippen LogP contribution in [0.2, 0.25) is 0 Å². The lowest BCUT2D eigenvalue weighted by molar-refractivity contribution is 0.147. The molecular formula is C21H32IN5O. The number of nitrogens with zero attached hydrogens (tertiary/aromatic N) is 3. The zero-order valence-corrected chi connectivity index (χ0v) is 19.2. The Hall–Kier alpha value is -1.61. The van der Waals surface area contributed by atoms with Gasteiger partial charge >= 0.3 is 0 Å². The number of aromatic nitrogens is 1. The van der Waals surface area contributed by atoms with Gasteiger partial charge in [0, 0.05) is 37.8 Å². The molecule has 1 atom stereocenters. The van der Waals surface area contributed by atoms with Crippen LogP contribution < -0.4 is 10.6 Å². The Bertz CT molecular complexity index is 719. The summed E-state index contributed by atoms with van der Waals surface area (Å²) in [5.41, 5.74) is 1.89. The third kappa shape index (κ3) is 6.48. The van der Waals surface area contributed by atoms with E-state index in [0.29, 0.717) is 6.54 Å². The highest BCUT2D eigenvalue weighted by Crippen LogP contribution is 2.20. The van der Waals surface area contributed by atoms with Crippen molar-refractivity contribution in [2.75, 3.05) is 26.7 Å². The number of likely N-dealkylation sites (tertiary alicyclic amines) is 1. The van der Waals surface area contributed by atoms with E-state index in [1.165, 1.54) is 32.2 Å². The van der Waals surface area contributed by atoms with Crippen molar-refractivity contribution in [1.82, 2.24) is 20.7 Å². The average molecular weight is 497 g/mol. The van der Waals surface area contributed by atoms with Crippen LogP contribution in [0.5, 0.6) is 0 Å². The van der Waals surface area contributed by atoms with Gasteiger partial charge in [0.25, 0.3) is 0 Å². The Labute approximate surface area is 185 Å². The Morgan fingerprint density at radius 3 is 2.82 bits per heavy atom. The highest BCUT2D eigenvalue weighted by Gasteiger charge is 2.19. The number of guanidine groups is 1. The minimum Gasteiger partial charge on any atom is -0.356 e. The van der Waals surface area contributed by atoms with Gasteiger partial charge in [-0.1, -0.05) is 48.8 Å². The number of rotatable bonds is 7. The number of hydrogen-bond donors (Lipinski definition) is 2. The summed E-state index contributed by atoms with van der Waals surface area (Å²) < 4.78 is 5.44. The fourth-order valence-corrected chi connectivity index (χ4v) is 3.66. The summed E-state index contributed by atoms with van der Waals surface area (Å²) in [7, 11) is 1.79. The molecule has 1 aliphatic rings. The van der Waals surface area contributed by atoms with Crippen molar-refractivity contribution in [3.05, 3.63) is 42.1 Å². The van der Waals surface area contributed by atoms with Crippen LogP contribution in [0, 0.1) is 0 Å². The first-order chi connectivity index (χ1) is 13.3. The maximum Gasteiger partial charge on any atom is 0.191 e. The molecule has 7 heteroatoms. The molecule has 1 fully saturated rings. The molecule has 6 nitrogen and oxygen atoms in total. The van der Waals surface area contributed by atoms with Crippen molar-refractivity contribution in [2.45, 2.75) is 45.2 Å². The second-order valence-electron chi connectivity index (χ2n) is 6.99. The minimum absolute atomic E-state index is 0. The summed E-state index contributed by atoms with van der Waals surface area (Å²) >= 11 is 0. The number of nitrogens with one attached hydrogen (secondary N) is 2. The molecule has 2 N–H and O–H groups in total. The number of aliphatic imine (C=N–C) groups is 1. The molecule has 3 rings (SSSR count). The first kappa shape index (κ1) is 22.7. The Morgan fingerprint density at radius 1 is 1.25 bits per heavy atom. The van der Waals surface area contributed by atoms with Crippen molar-refractivity contribution >= 4 is 29.9 Å². The SMILES string of the molecule is CCC1CCCCN1CCNC(=NC)NCc1cc(-c2ccccc2)on1.I. The lowest BCUT2D eigenvalue weighted by Gasteiger charge is -2.35. The maximum atomic E-state index is 5.44. The molecule has 154 valence electrons. The quantitative estimate of drug-likeness (QED) is 0.345. The van der Waals surface area contributed by atoms with E-state index in [9.17, 15) is 0 Å². The second-order valence-corrected chi connectivity index (χ2v) is 6.99. The standard InChI is InChI=1S/C21H31N5O.HI/c1-3-19-11-7-8-13-26(19)14-12-23-21(22-2)24-16-18-15-20(27-25-18)17-9-5-4-6-10-17;/h4-6,9-10,15,19H,3,7-8,11-14,16H2,1-2H3,(H2,22,23,24);1H. The van der Waals surface area contributed by atoms with E-state index in [-0.39, 0.29) is 24.0 Å². The van der Waals surface area contributed by atoms with Crippen LogP contribution in [0.3, 0.4) is 0 Å². The molecule has 28 heavy (non-hydrogen) atoms. The molecule has 1 aliphatic heterocycles. The minimum atomic E-state index is 0. The predicted molar refractivity (Wildman–Crippen MR) is 125 cm³/mol. The molecule has 0 aliphatic carbocycles. The number of benzene rings is 1. The van der Waals surface area contributed by atoms with Gasteiger partial charge in [-0.15, -0.1) is 24.0 Å². The van der Waals surface area contributed by atoms with Crippen LogP contribution in [-0.4, -0.2) is 48.7 Å². The van der Waals surface area contributed by atoms with Crippen LogP contribution >= 0.6 is 24.0 Å². The number of hydrogen-bond acceptors (Lipinski definition) is 4. The fourth-order valence-electron chi connectivity index (χ4n) is 3.66. The molecular weight excluding hydrogens is 465 g/mol. The number of halogens is 1. The van der Waals surface area contributed by atoms with E-state index in [2.05, 4.69) is 32.6 Å². The molecule has 1 unspecified atom stereocenters. The van der Waals surface area contributed by atoms with Gasteiger partial charge in [-0.2, -0.15) is 0 Å². The summed E-state index contributed by atoms with van der Waals surface area (Å²) in [4.78, 5) is 6.91. The van der Waals surface area contributed by atoms with Crippen molar-refractivity contribution in [3.8, 4) is 11.3 Å². The van der Waals surface area contributed by atoms with Gasteiger partial charge in [0.15, 0.2) is 11.7 Å². The van der Waals surface area contributed by atoms with Crippen molar-refractivity contribution < 1.29 is 4.52 Å². The topological polar surface area (TPSA) is 65.7 Å². The van der Waals surface area contributed by atoms with Gasteiger partial charge in [-0.05, 0) is 25.8 Å². The second kappa shape index (κ2) is 12.1. The first-order valence-corrected chi connectivity index (χ1v) is 9.99. The molecule has 0 radical (unpaired) electrons. The van der Waals surface area contributed by atoms with E-state index in [1.54, 1.807) is 7.05 Å². The van der Waals surface area contributed by atoms with Crippen LogP contribution in [0.25, 0.3) is 11.3 Å². The van der Waals surface area contributed by atoms with Crippen LogP contribution in [0.1, 0.15) is 38.3 Å². The molecule has 1 saturated heterocycles. The van der Waals surface area contributed by atoms with E-state index < -0.39 is 0 Å². The predicted octanol–water partition coefficient (Wildman–Crippen LogP) is 3.89. The molecule has 2 heterocycles. The zero-order chi connectivity index (χ0) is 18.9. The zero-order valence-electron chi connectivity index (χ0n) is 16.9. The fraction of sp³-hybridized carbons (Fsp3) is 0.524. The van der Waals surface area contributed by atoms with Gasteiger partial charge in [0.05, 0.1) is 6.54 Å². The molecule has 0 amide bonds. The summed E-state index contributed by atoms with van der Waals surface area (Å²) in [6, 6.07) is 12.7. The van der Waals surface area contributed by atoms with Gasteiger partial charge in [-0.25, -0.2) is 0 Å². The average Bonchev–Trinajstić information content (AvgIpc) is 3.20. The van der Waals surface area contributed by atoms with Gasteiger partial charge in [-0.3, -0.25) is 9.89 Å². The lowest BCUT2D eigenvalue weighted by atomic mass is 10.0. The Kier molecular flexibility index (Phi) is 9.77. The van der Waals surface area contributed by atoms with Crippen LogP contribution in [0.15, 0.2) is 45.9 Å². The van der Waals surface area contributed by atoms with Crippen LogP contribution in [-0.2, 0) is 6.54 Å².